The second kappa shape index (κ2) is 28.6. The Hall–Kier alpha value is -3.41. The molecule has 0 spiro atoms. The molecule has 0 bridgehead atoms. The molecule has 83 heavy (non-hydrogen) atoms. The van der Waals surface area contributed by atoms with Gasteiger partial charge in [-0.05, 0) is 113 Å². The molecule has 8 rings (SSSR count). The molecule has 0 saturated heterocycles. The second-order valence-electron chi connectivity index (χ2n) is 15.2. The minimum absolute atomic E-state index is 0. The number of nitrogens with one attached hydrogen (secondary N) is 6. The Balaban J connectivity index is 0.00000361. The molecule has 6 aromatic carbocycles. The number of nitrogens with zero attached hydrogens (tertiary/aromatic N) is 10. The van der Waals surface area contributed by atoms with Gasteiger partial charge < -0.3 is 33.8 Å². The maximum atomic E-state index is 14.0. The van der Waals surface area contributed by atoms with Crippen molar-refractivity contribution in [3.63, 3.8) is 0 Å². The molecule has 2 aromatic heterocycles. The van der Waals surface area contributed by atoms with Gasteiger partial charge in [0.1, 0.15) is 45.8 Å². The van der Waals surface area contributed by atoms with Crippen molar-refractivity contribution in [1.82, 2.24) is 29.9 Å². The molecule has 2 heterocycles. The number of aromatic nitrogens is 6. The van der Waals surface area contributed by atoms with Crippen molar-refractivity contribution in [3.05, 3.63) is 112 Å². The van der Waals surface area contributed by atoms with Gasteiger partial charge in [0.05, 0.1) is 54.5 Å². The molecule has 0 saturated carbocycles. The van der Waals surface area contributed by atoms with Crippen LogP contribution < -0.4 is 180 Å². The third-order valence-corrected chi connectivity index (χ3v) is 14.6. The third kappa shape index (κ3) is 17.9. The van der Waals surface area contributed by atoms with Gasteiger partial charge in [-0.15, -0.1) is 15.3 Å². The van der Waals surface area contributed by atoms with Gasteiger partial charge in [0.2, 0.25) is 33.0 Å². The molecule has 0 radical (unpaired) electrons. The van der Waals surface area contributed by atoms with E-state index in [0.29, 0.717) is 42.5 Å². The fourth-order valence-corrected chi connectivity index (χ4v) is 10.1. The summed E-state index contributed by atoms with van der Waals surface area (Å²) in [5, 5.41) is 62.7. The van der Waals surface area contributed by atoms with Crippen LogP contribution in [0.2, 0.25) is 10.6 Å². The molecule has 404 valence electrons. The number of rotatable bonds is 13. The molecule has 0 aliphatic carbocycles. The van der Waals surface area contributed by atoms with Crippen molar-refractivity contribution >= 4 is 141 Å². The van der Waals surface area contributed by atoms with E-state index in [2.05, 4.69) is 70.6 Å². The number of halogens is 2. The zero-order valence-electron chi connectivity index (χ0n) is 42.3. The zero-order chi connectivity index (χ0) is 57.0. The molecule has 0 aliphatic rings. The summed E-state index contributed by atoms with van der Waals surface area (Å²) in [4.78, 5) is 18.9. The Bertz CT molecular complexity index is 4910. The van der Waals surface area contributed by atoms with Gasteiger partial charge in [0.15, 0.2) is 0 Å². The van der Waals surface area contributed by atoms with Crippen LogP contribution in [0, 0.1) is 10.8 Å². The minimum Gasteiger partial charge on any atom is -0.870 e. The summed E-state index contributed by atoms with van der Waals surface area (Å²) in [6.07, 6.45) is 0. The standard InChI is InChI=1S/C38H26Cl2N16O17S5.5Na/c39-33-45-35(41)49-37(47-33)43-22-12-19(74(59,60)61)7-14-9-25(77(68,69)70)29(31(57)27(14)22)55-52-17-3-1-16(2-4-17)51-54-21-6-5-18(11-24(21)76(65,66)67)53-56-30-26(78(71,72)73)10-15-8-20(75(62,63)64)13-23(28(15)32(30)58)44-38-48-34(40)46-36(42)50-38;;;;;/h1-13,57-58H,(H,59,60,61)(H,62,63,64)(H,65,66,67)(H,68,69,70)(H,71,72,73)(H3,41,43,45,47,49)(H3,42,44,46,48,50);;;;;/q;5*+1/p-5. The number of aromatic amines is 4. The van der Waals surface area contributed by atoms with Gasteiger partial charge in [-0.2, -0.15) is 42.1 Å². The maximum absolute atomic E-state index is 14.0. The zero-order valence-corrected chi connectivity index (χ0v) is 57.9. The minimum atomic E-state index is -5.47. The molecule has 33 nitrogen and oxygen atoms in total. The van der Waals surface area contributed by atoms with Crippen molar-refractivity contribution in [3.8, 4) is 11.5 Å². The van der Waals surface area contributed by atoms with Crippen LogP contribution in [0.25, 0.3) is 21.5 Å². The summed E-state index contributed by atoms with van der Waals surface area (Å²) in [6.45, 7) is 0. The average Bonchev–Trinajstić information content (AvgIpc) is 2.85. The SMILES string of the molecule is N=c1nc(Cl)[nH]c(=Nc2cc(S(=O)(=O)[O-])cc3cc(S(=O)(=O)O)c(N=Nc4ccc(N=Nc5ccc(N=Nc6c(S(=O)(=O)O)cc7cc(S(=O)(=O)[O-])cc(N=c8[nH]c(Cl)nc(=N)[nH]8)c7c6[O-])cc5S(=O)(=O)[O-])cc4)c([O-])c23)[nH]1.[Na+].[Na+].[Na+].[Na+].[Na+]. The van der Waals surface area contributed by atoms with Crippen LogP contribution in [0.4, 0.5) is 45.5 Å². The van der Waals surface area contributed by atoms with Gasteiger partial charge in [-0.3, -0.25) is 29.9 Å². The first-order valence-electron chi connectivity index (χ1n) is 20.1. The van der Waals surface area contributed by atoms with Crippen molar-refractivity contribution in [2.24, 2.45) is 40.7 Å². The van der Waals surface area contributed by atoms with E-state index in [-0.39, 0.29) is 159 Å². The molecule has 0 amide bonds. The van der Waals surface area contributed by atoms with Crippen LogP contribution in [0.1, 0.15) is 0 Å². The Labute approximate surface area is 584 Å². The number of azo groups is 3. The predicted octanol–water partition coefficient (Wildman–Crippen LogP) is -11.6. The van der Waals surface area contributed by atoms with E-state index in [4.69, 9.17) is 34.0 Å². The predicted molar refractivity (Wildman–Crippen MR) is 254 cm³/mol. The summed E-state index contributed by atoms with van der Waals surface area (Å²) in [5.41, 5.74) is -6.81. The van der Waals surface area contributed by atoms with E-state index < -0.39 is 175 Å². The first kappa shape index (κ1) is 73.8. The molecular weight excluding hydrogens is 1300 g/mol. The number of benzene rings is 6. The van der Waals surface area contributed by atoms with E-state index in [1.54, 1.807) is 0 Å². The largest absolute Gasteiger partial charge is 1.00 e. The van der Waals surface area contributed by atoms with Gasteiger partial charge in [0.25, 0.3) is 20.2 Å². The molecule has 0 fully saturated rings. The monoisotopic (exact) mass is 1320 g/mol. The first-order valence-corrected chi connectivity index (χ1v) is 28.0. The van der Waals surface area contributed by atoms with Crippen molar-refractivity contribution in [1.29, 1.82) is 10.8 Å². The van der Waals surface area contributed by atoms with Crippen molar-refractivity contribution in [2.75, 3.05) is 0 Å². The van der Waals surface area contributed by atoms with Crippen LogP contribution in [0.5, 0.6) is 11.5 Å². The molecule has 0 aliphatic heterocycles. The normalized spacial score (nSPS) is 12.7. The molecule has 45 heteroatoms. The fraction of sp³-hybridized carbons (Fsp3) is 0. The second-order valence-corrected chi connectivity index (χ2v) is 22.8. The Morgan fingerprint density at radius 1 is 0.446 bits per heavy atom. The summed E-state index contributed by atoms with van der Waals surface area (Å²) in [6, 6.07) is 10.8. The summed E-state index contributed by atoms with van der Waals surface area (Å²) in [5.74, 6) is -2.73. The van der Waals surface area contributed by atoms with Crippen LogP contribution in [0.15, 0.2) is 144 Å². The van der Waals surface area contributed by atoms with Gasteiger partial charge in [-0.25, -0.2) is 35.2 Å². The molecular formula is C38H21Cl2N16Na5O17S5. The van der Waals surface area contributed by atoms with E-state index in [1.807, 2.05) is 0 Å². The Morgan fingerprint density at radius 3 is 1.16 bits per heavy atom. The van der Waals surface area contributed by atoms with Gasteiger partial charge >= 0.3 is 148 Å². The number of H-pyrrole nitrogens is 4. The van der Waals surface area contributed by atoms with E-state index in [9.17, 15) is 75.1 Å². The maximum Gasteiger partial charge on any atom is 1.00 e. The number of hydrogen-bond acceptors (Lipinski definition) is 27. The first-order chi connectivity index (χ1) is 36.2. The molecule has 0 unspecified atom stereocenters. The Morgan fingerprint density at radius 2 is 0.807 bits per heavy atom. The third-order valence-electron chi connectivity index (χ3n) is 9.97. The van der Waals surface area contributed by atoms with Crippen molar-refractivity contribution < 1.29 is 223 Å². The summed E-state index contributed by atoms with van der Waals surface area (Å²) < 4.78 is 180. The molecule has 0 atom stereocenters. The molecule has 8 N–H and O–H groups in total. The topological polar surface area (TPSA) is 562 Å². The van der Waals surface area contributed by atoms with E-state index in [1.165, 1.54) is 12.1 Å². The number of fused-ring (bicyclic) bond motifs is 2. The fourth-order valence-electron chi connectivity index (χ4n) is 6.80. The van der Waals surface area contributed by atoms with Crippen LogP contribution in [-0.4, -0.2) is 94.8 Å². The van der Waals surface area contributed by atoms with Crippen molar-refractivity contribution in [2.45, 2.75) is 24.5 Å². The van der Waals surface area contributed by atoms with Crippen LogP contribution >= 0.6 is 23.2 Å². The van der Waals surface area contributed by atoms with Gasteiger partial charge in [-0.1, -0.05) is 11.5 Å². The van der Waals surface area contributed by atoms with Crippen LogP contribution in [0.3, 0.4) is 0 Å². The molecule has 8 aromatic rings. The summed E-state index contributed by atoms with van der Waals surface area (Å²) >= 11 is 11.7. The van der Waals surface area contributed by atoms with E-state index >= 15 is 0 Å². The smallest absolute Gasteiger partial charge is 0.870 e. The number of hydrogen-bond donors (Lipinski definition) is 8. The quantitative estimate of drug-likeness (QED) is 0.0302. The summed E-state index contributed by atoms with van der Waals surface area (Å²) in [7, 11) is -26.9. The average molecular weight is 1320 g/mol. The van der Waals surface area contributed by atoms with E-state index in [0.717, 1.165) is 24.3 Å². The van der Waals surface area contributed by atoms with Gasteiger partial charge in [0, 0.05) is 10.8 Å². The van der Waals surface area contributed by atoms with Crippen LogP contribution in [-0.2, 0) is 50.6 Å². The Kier molecular flexibility index (Phi) is 25.5.